The number of aromatic nitrogens is 1. The van der Waals surface area contributed by atoms with Crippen LogP contribution in [0.15, 0.2) is 18.3 Å². The molecule has 0 saturated heterocycles. The summed E-state index contributed by atoms with van der Waals surface area (Å²) < 4.78 is 0. The molecule has 0 bridgehead atoms. The van der Waals surface area contributed by atoms with Gasteiger partial charge in [-0.2, -0.15) is 11.8 Å². The Labute approximate surface area is 98.8 Å². The lowest BCUT2D eigenvalue weighted by Crippen LogP contribution is -2.14. The number of nitrogens with zero attached hydrogens (tertiary/aromatic N) is 2. The van der Waals surface area contributed by atoms with E-state index in [4.69, 9.17) is 0 Å². The van der Waals surface area contributed by atoms with Gasteiger partial charge in [0.2, 0.25) is 0 Å². The quantitative estimate of drug-likeness (QED) is 0.612. The monoisotopic (exact) mass is 241 g/mol. The van der Waals surface area contributed by atoms with Crippen LogP contribution in [0.25, 0.3) is 0 Å². The minimum absolute atomic E-state index is 0.0648. The molecule has 0 aliphatic carbocycles. The molecule has 1 heterocycles. The Bertz CT molecular complexity index is 360. The second-order valence-corrected chi connectivity index (χ2v) is 4.51. The van der Waals surface area contributed by atoms with E-state index >= 15 is 0 Å². The third kappa shape index (κ3) is 4.06. The number of hydrogen-bond acceptors (Lipinski definition) is 5. The van der Waals surface area contributed by atoms with Gasteiger partial charge >= 0.3 is 0 Å². The molecule has 0 aliphatic heterocycles. The van der Waals surface area contributed by atoms with Gasteiger partial charge in [0.15, 0.2) is 0 Å². The molecule has 88 valence electrons. The maximum absolute atomic E-state index is 10.5. The Hall–Kier alpha value is -1.30. The first-order valence-electron chi connectivity index (χ1n) is 4.96. The van der Waals surface area contributed by atoms with Crippen molar-refractivity contribution in [3.05, 3.63) is 28.4 Å². The van der Waals surface area contributed by atoms with E-state index in [-0.39, 0.29) is 5.69 Å². The van der Waals surface area contributed by atoms with Gasteiger partial charge in [0, 0.05) is 18.8 Å². The van der Waals surface area contributed by atoms with Gasteiger partial charge in [-0.3, -0.25) is 10.1 Å². The average Bonchev–Trinajstić information content (AvgIpc) is 2.27. The number of pyridine rings is 1. The molecule has 0 aromatic carbocycles. The lowest BCUT2D eigenvalue weighted by molar-refractivity contribution is -0.384. The van der Waals surface area contributed by atoms with Crippen molar-refractivity contribution in [1.29, 1.82) is 0 Å². The molecule has 0 spiro atoms. The van der Waals surface area contributed by atoms with Crippen LogP contribution in [0.3, 0.4) is 0 Å². The van der Waals surface area contributed by atoms with Gasteiger partial charge in [-0.25, -0.2) is 4.98 Å². The minimum Gasteiger partial charge on any atom is -0.370 e. The highest BCUT2D eigenvalue weighted by molar-refractivity contribution is 7.98. The topological polar surface area (TPSA) is 68.1 Å². The van der Waals surface area contributed by atoms with Crippen LogP contribution >= 0.6 is 11.8 Å². The molecule has 0 aliphatic rings. The first-order valence-corrected chi connectivity index (χ1v) is 6.36. The zero-order valence-electron chi connectivity index (χ0n) is 9.34. The Morgan fingerprint density at radius 3 is 3.06 bits per heavy atom. The van der Waals surface area contributed by atoms with Crippen LogP contribution in [0.4, 0.5) is 11.5 Å². The lowest BCUT2D eigenvalue weighted by atomic mass is 10.2. The van der Waals surface area contributed by atoms with Crippen molar-refractivity contribution < 1.29 is 4.92 Å². The smallest absolute Gasteiger partial charge is 0.274 e. The summed E-state index contributed by atoms with van der Waals surface area (Å²) in [5, 5.41) is 13.6. The van der Waals surface area contributed by atoms with Crippen molar-refractivity contribution in [2.24, 2.45) is 5.92 Å². The second kappa shape index (κ2) is 6.32. The van der Waals surface area contributed by atoms with Crippen LogP contribution < -0.4 is 5.32 Å². The van der Waals surface area contributed by atoms with Gasteiger partial charge in [-0.15, -0.1) is 0 Å². The predicted octanol–water partition coefficient (Wildman–Crippen LogP) is 2.40. The van der Waals surface area contributed by atoms with Gasteiger partial charge < -0.3 is 5.32 Å². The molecule has 5 nitrogen and oxygen atoms in total. The summed E-state index contributed by atoms with van der Waals surface area (Å²) in [6.07, 6.45) is 3.50. The molecule has 0 radical (unpaired) electrons. The number of anilines is 1. The van der Waals surface area contributed by atoms with Crippen LogP contribution in [-0.4, -0.2) is 28.5 Å². The van der Waals surface area contributed by atoms with Crippen molar-refractivity contribution in [1.82, 2.24) is 4.98 Å². The summed E-state index contributed by atoms with van der Waals surface area (Å²) >= 11 is 1.78. The Morgan fingerprint density at radius 2 is 2.44 bits per heavy atom. The van der Waals surface area contributed by atoms with E-state index in [0.717, 1.165) is 12.3 Å². The van der Waals surface area contributed by atoms with E-state index in [2.05, 4.69) is 23.5 Å². The number of nitro groups is 1. The molecule has 0 saturated carbocycles. The predicted molar refractivity (Wildman–Crippen MR) is 66.9 cm³/mol. The molecule has 6 heteroatoms. The van der Waals surface area contributed by atoms with E-state index in [0.29, 0.717) is 11.7 Å². The second-order valence-electron chi connectivity index (χ2n) is 3.60. The maximum Gasteiger partial charge on any atom is 0.274 e. The third-order valence-corrected chi connectivity index (χ3v) is 2.94. The molecule has 0 amide bonds. The van der Waals surface area contributed by atoms with Crippen LogP contribution in [0.1, 0.15) is 6.92 Å². The van der Waals surface area contributed by atoms with Gasteiger partial charge in [0.25, 0.3) is 5.69 Å². The van der Waals surface area contributed by atoms with Crippen LogP contribution in [0, 0.1) is 16.0 Å². The fourth-order valence-electron chi connectivity index (χ4n) is 1.25. The van der Waals surface area contributed by atoms with Crippen LogP contribution in [0.2, 0.25) is 0 Å². The highest BCUT2D eigenvalue weighted by atomic mass is 32.2. The highest BCUT2D eigenvalue weighted by Crippen LogP contribution is 2.14. The van der Waals surface area contributed by atoms with Crippen molar-refractivity contribution in [2.45, 2.75) is 6.92 Å². The first-order chi connectivity index (χ1) is 7.63. The molecule has 16 heavy (non-hydrogen) atoms. The van der Waals surface area contributed by atoms with Gasteiger partial charge in [0.1, 0.15) is 5.82 Å². The normalized spacial score (nSPS) is 12.1. The highest BCUT2D eigenvalue weighted by Gasteiger charge is 2.07. The van der Waals surface area contributed by atoms with Crippen molar-refractivity contribution in [3.63, 3.8) is 0 Å². The Balaban J connectivity index is 2.54. The minimum atomic E-state index is -0.418. The summed E-state index contributed by atoms with van der Waals surface area (Å²) in [4.78, 5) is 14.2. The van der Waals surface area contributed by atoms with E-state index in [1.54, 1.807) is 11.8 Å². The number of thioether (sulfide) groups is 1. The molecule has 1 atom stereocenters. The largest absolute Gasteiger partial charge is 0.370 e. The van der Waals surface area contributed by atoms with Gasteiger partial charge in [0.05, 0.1) is 11.0 Å². The number of hydrogen-bond donors (Lipinski definition) is 1. The van der Waals surface area contributed by atoms with E-state index in [9.17, 15) is 10.1 Å². The Kier molecular flexibility index (Phi) is 5.04. The van der Waals surface area contributed by atoms with Crippen LogP contribution in [-0.2, 0) is 0 Å². The average molecular weight is 241 g/mol. The zero-order valence-corrected chi connectivity index (χ0v) is 10.2. The molecule has 1 N–H and O–H groups in total. The Morgan fingerprint density at radius 1 is 1.69 bits per heavy atom. The zero-order chi connectivity index (χ0) is 12.0. The standard InChI is InChI=1S/C10H15N3O2S/c1-8(7-16-2)6-12-10-5-9(13(14)15)3-4-11-10/h3-5,8H,6-7H2,1-2H3,(H,11,12). The van der Waals surface area contributed by atoms with E-state index < -0.39 is 4.92 Å². The molecule has 1 rings (SSSR count). The van der Waals surface area contributed by atoms with Crippen molar-refractivity contribution in [3.8, 4) is 0 Å². The molecule has 1 aromatic rings. The SMILES string of the molecule is CSCC(C)CNc1cc([N+](=O)[O-])ccn1. The summed E-state index contributed by atoms with van der Waals surface area (Å²) in [6.45, 7) is 2.90. The van der Waals surface area contributed by atoms with Crippen molar-refractivity contribution >= 4 is 23.3 Å². The van der Waals surface area contributed by atoms with Gasteiger partial charge in [-0.05, 0) is 17.9 Å². The fourth-order valence-corrected chi connectivity index (χ4v) is 1.94. The molecular formula is C10H15N3O2S. The van der Waals surface area contributed by atoms with E-state index in [1.165, 1.54) is 18.3 Å². The van der Waals surface area contributed by atoms with Crippen molar-refractivity contribution in [2.75, 3.05) is 23.9 Å². The van der Waals surface area contributed by atoms with E-state index in [1.807, 2.05) is 0 Å². The van der Waals surface area contributed by atoms with Gasteiger partial charge in [-0.1, -0.05) is 6.92 Å². The molecule has 1 aromatic heterocycles. The maximum atomic E-state index is 10.5. The number of nitrogens with one attached hydrogen (secondary N) is 1. The molecular weight excluding hydrogens is 226 g/mol. The third-order valence-electron chi connectivity index (χ3n) is 2.04. The summed E-state index contributed by atoms with van der Waals surface area (Å²) in [7, 11) is 0. The lowest BCUT2D eigenvalue weighted by Gasteiger charge is -2.11. The summed E-state index contributed by atoms with van der Waals surface area (Å²) in [5.41, 5.74) is 0.0648. The fraction of sp³-hybridized carbons (Fsp3) is 0.500. The molecule has 0 fully saturated rings. The van der Waals surface area contributed by atoms with Crippen LogP contribution in [0.5, 0.6) is 0 Å². The molecule has 1 unspecified atom stereocenters. The summed E-state index contributed by atoms with van der Waals surface area (Å²) in [5.74, 6) is 2.13. The first kappa shape index (κ1) is 12.8. The summed E-state index contributed by atoms with van der Waals surface area (Å²) in [6, 6.07) is 2.84. The number of rotatable bonds is 6.